The molecule has 5 aromatic rings. The highest BCUT2D eigenvalue weighted by Crippen LogP contribution is 2.39. The molecule has 0 aliphatic carbocycles. The molecule has 5 rings (SSSR count). The number of fused-ring (bicyclic) bond motifs is 1. The topological polar surface area (TPSA) is 186 Å². The summed E-state index contributed by atoms with van der Waals surface area (Å²) < 4.78 is 52.9. The van der Waals surface area contributed by atoms with E-state index >= 15 is 0 Å². The molecule has 0 radical (unpaired) electrons. The number of amides is 2. The molecule has 45 heavy (non-hydrogen) atoms. The minimum Gasteiger partial charge on any atom is -0.506 e. The third kappa shape index (κ3) is 7.57. The maximum absolute atomic E-state index is 13.1. The van der Waals surface area contributed by atoms with Crippen LogP contribution >= 0.6 is 33.1 Å². The van der Waals surface area contributed by atoms with Crippen LogP contribution in [0.15, 0.2) is 103 Å². The van der Waals surface area contributed by atoms with E-state index < -0.39 is 39.7 Å². The SMILES string of the molecule is O=C(NCCNC(=O)c1cc(Sc2nnc(-c3ccccc3)o2)c2ccccc2c1O)c1cc(S(=O)(=O)Cl)cc(S(=O)(=O)Cl)c1. The molecule has 0 fully saturated rings. The molecule has 0 spiro atoms. The van der Waals surface area contributed by atoms with Gasteiger partial charge in [-0.3, -0.25) is 9.59 Å². The predicted octanol–water partition coefficient (Wildman–Crippen LogP) is 4.76. The van der Waals surface area contributed by atoms with Crippen LogP contribution in [-0.4, -0.2) is 57.0 Å². The summed E-state index contributed by atoms with van der Waals surface area (Å²) in [5.74, 6) is -1.45. The summed E-state index contributed by atoms with van der Waals surface area (Å²) in [7, 11) is 1.88. The van der Waals surface area contributed by atoms with Crippen LogP contribution in [0, 0.1) is 0 Å². The number of halogens is 2. The summed E-state index contributed by atoms with van der Waals surface area (Å²) in [6.07, 6.45) is 0. The van der Waals surface area contributed by atoms with Crippen molar-refractivity contribution < 1.29 is 35.9 Å². The molecule has 0 saturated heterocycles. The third-order valence-corrected chi connectivity index (χ3v) is 9.81. The van der Waals surface area contributed by atoms with E-state index in [-0.39, 0.29) is 35.2 Å². The Morgan fingerprint density at radius 1 is 0.778 bits per heavy atom. The molecule has 3 N–H and O–H groups in total. The normalized spacial score (nSPS) is 11.8. The zero-order valence-electron chi connectivity index (χ0n) is 22.6. The van der Waals surface area contributed by atoms with Gasteiger partial charge in [-0.05, 0) is 53.5 Å². The second-order valence-electron chi connectivity index (χ2n) is 9.24. The van der Waals surface area contributed by atoms with E-state index in [1.54, 1.807) is 24.3 Å². The molecule has 232 valence electrons. The van der Waals surface area contributed by atoms with Gasteiger partial charge in [0.25, 0.3) is 35.1 Å². The Morgan fingerprint density at radius 2 is 1.36 bits per heavy atom. The first-order valence-corrected chi connectivity index (χ1v) is 18.2. The number of phenols is 1. The molecular weight excluding hydrogens is 687 g/mol. The number of aromatic hydroxyl groups is 1. The summed E-state index contributed by atoms with van der Waals surface area (Å²) in [6.45, 7) is -0.261. The van der Waals surface area contributed by atoms with Gasteiger partial charge in [-0.1, -0.05) is 42.5 Å². The van der Waals surface area contributed by atoms with E-state index in [4.69, 9.17) is 25.8 Å². The number of aromatic nitrogens is 2. The molecule has 2 amide bonds. The van der Waals surface area contributed by atoms with Crippen molar-refractivity contribution in [2.45, 2.75) is 19.9 Å². The standard InChI is InChI=1S/C28H20Cl2N4O8S3/c29-44(38,39)18-12-17(13-19(14-18)45(30,40)41)25(36)31-10-11-32-26(37)22-15-23(20-8-4-5-9-21(20)24(22)35)43-28-34-33-27(42-28)16-6-2-1-3-7-16/h1-9,12-15,35H,10-11H2,(H,31,36)(H,32,37). The third-order valence-electron chi connectivity index (χ3n) is 6.25. The smallest absolute Gasteiger partial charge is 0.281 e. The van der Waals surface area contributed by atoms with E-state index in [0.29, 0.717) is 21.6 Å². The first kappa shape index (κ1) is 32.2. The van der Waals surface area contributed by atoms with Crippen LogP contribution in [0.4, 0.5) is 0 Å². The predicted molar refractivity (Wildman–Crippen MR) is 167 cm³/mol. The van der Waals surface area contributed by atoms with Gasteiger partial charge in [-0.25, -0.2) is 16.8 Å². The molecule has 0 aliphatic rings. The van der Waals surface area contributed by atoms with Crippen molar-refractivity contribution in [2.75, 3.05) is 13.1 Å². The zero-order chi connectivity index (χ0) is 32.4. The van der Waals surface area contributed by atoms with Crippen LogP contribution in [0.2, 0.25) is 0 Å². The number of nitrogens with zero attached hydrogens (tertiary/aromatic N) is 2. The lowest BCUT2D eigenvalue weighted by molar-refractivity contribution is 0.0926. The van der Waals surface area contributed by atoms with Crippen LogP contribution in [0.5, 0.6) is 5.75 Å². The van der Waals surface area contributed by atoms with Crippen LogP contribution in [-0.2, 0) is 18.1 Å². The summed E-state index contributed by atoms with van der Waals surface area (Å²) in [5, 5.41) is 25.4. The molecular formula is C28H20Cl2N4O8S3. The molecule has 0 unspecified atom stereocenters. The van der Waals surface area contributed by atoms with E-state index in [2.05, 4.69) is 20.8 Å². The lowest BCUT2D eigenvalue weighted by Gasteiger charge is -2.13. The fraction of sp³-hybridized carbons (Fsp3) is 0.0714. The van der Waals surface area contributed by atoms with Crippen LogP contribution < -0.4 is 10.6 Å². The van der Waals surface area contributed by atoms with Gasteiger partial charge in [0.05, 0.1) is 15.4 Å². The van der Waals surface area contributed by atoms with Gasteiger partial charge in [0.2, 0.25) is 5.89 Å². The Hall–Kier alpha value is -4.15. The van der Waals surface area contributed by atoms with Gasteiger partial charge >= 0.3 is 0 Å². The van der Waals surface area contributed by atoms with Gasteiger partial charge in [0, 0.05) is 55.9 Å². The maximum Gasteiger partial charge on any atom is 0.281 e. The number of carbonyl (C=O) groups is 2. The van der Waals surface area contributed by atoms with Crippen LogP contribution in [0.1, 0.15) is 20.7 Å². The van der Waals surface area contributed by atoms with Gasteiger partial charge in [-0.2, -0.15) is 0 Å². The van der Waals surface area contributed by atoms with Crippen LogP contribution in [0.25, 0.3) is 22.2 Å². The summed E-state index contributed by atoms with van der Waals surface area (Å²) in [4.78, 5) is 25.1. The van der Waals surface area contributed by atoms with Gasteiger partial charge in [0.15, 0.2) is 0 Å². The minimum absolute atomic E-state index is 0.0534. The second kappa shape index (κ2) is 13.1. The van der Waals surface area contributed by atoms with Gasteiger partial charge in [0.1, 0.15) is 5.75 Å². The van der Waals surface area contributed by atoms with Crippen molar-refractivity contribution in [3.05, 3.63) is 90.0 Å². The van der Waals surface area contributed by atoms with Crippen molar-refractivity contribution in [1.82, 2.24) is 20.8 Å². The van der Waals surface area contributed by atoms with E-state index in [0.717, 1.165) is 35.5 Å². The number of carbonyl (C=O) groups excluding carboxylic acids is 2. The van der Waals surface area contributed by atoms with Crippen molar-refractivity contribution >= 4 is 73.8 Å². The molecule has 4 aromatic carbocycles. The monoisotopic (exact) mass is 706 g/mol. The second-order valence-corrected chi connectivity index (χ2v) is 15.4. The van der Waals surface area contributed by atoms with Gasteiger partial charge in [-0.15, -0.1) is 10.2 Å². The average molecular weight is 708 g/mol. The van der Waals surface area contributed by atoms with Crippen LogP contribution in [0.3, 0.4) is 0 Å². The summed E-state index contributed by atoms with van der Waals surface area (Å²) in [6, 6.07) is 20.1. The Balaban J connectivity index is 1.30. The Kier molecular flexibility index (Phi) is 9.36. The first-order valence-electron chi connectivity index (χ1n) is 12.7. The largest absolute Gasteiger partial charge is 0.506 e. The molecule has 0 saturated carbocycles. The Morgan fingerprint density at radius 3 is 1.98 bits per heavy atom. The first-order chi connectivity index (χ1) is 21.3. The molecule has 12 nitrogen and oxygen atoms in total. The number of hydrogen-bond acceptors (Lipinski definition) is 11. The Labute approximate surface area is 269 Å². The quantitative estimate of drug-likeness (QED) is 0.134. The van der Waals surface area contributed by atoms with E-state index in [1.165, 1.54) is 6.07 Å². The summed E-state index contributed by atoms with van der Waals surface area (Å²) in [5.41, 5.74) is 0.343. The number of hydrogen-bond donors (Lipinski definition) is 3. The highest BCUT2D eigenvalue weighted by Gasteiger charge is 2.22. The number of phenolic OH excluding ortho intramolecular Hbond substituents is 1. The average Bonchev–Trinajstić information content (AvgIpc) is 3.48. The number of benzene rings is 4. The molecule has 1 aromatic heterocycles. The Bertz CT molecular complexity index is 2110. The molecule has 0 bridgehead atoms. The highest BCUT2D eigenvalue weighted by atomic mass is 35.7. The summed E-state index contributed by atoms with van der Waals surface area (Å²) >= 11 is 1.12. The number of nitrogens with one attached hydrogen (secondary N) is 2. The number of rotatable bonds is 10. The lowest BCUT2D eigenvalue weighted by Crippen LogP contribution is -2.34. The fourth-order valence-electron chi connectivity index (χ4n) is 4.16. The molecule has 0 atom stereocenters. The van der Waals surface area contributed by atoms with E-state index in [9.17, 15) is 31.5 Å². The van der Waals surface area contributed by atoms with E-state index in [1.807, 2.05) is 30.3 Å². The van der Waals surface area contributed by atoms with Crippen molar-refractivity contribution in [2.24, 2.45) is 0 Å². The van der Waals surface area contributed by atoms with Crippen molar-refractivity contribution in [3.63, 3.8) is 0 Å². The van der Waals surface area contributed by atoms with Gasteiger partial charge < -0.3 is 20.2 Å². The zero-order valence-corrected chi connectivity index (χ0v) is 26.6. The molecule has 17 heteroatoms. The fourth-order valence-corrected chi connectivity index (χ4v) is 6.70. The molecule has 1 heterocycles. The van der Waals surface area contributed by atoms with Crippen molar-refractivity contribution in [3.8, 4) is 17.2 Å². The highest BCUT2D eigenvalue weighted by molar-refractivity contribution is 8.14. The lowest BCUT2D eigenvalue weighted by atomic mass is 10.0. The minimum atomic E-state index is -4.39. The van der Waals surface area contributed by atoms with Crippen molar-refractivity contribution in [1.29, 1.82) is 0 Å². The molecule has 0 aliphatic heterocycles. The maximum atomic E-state index is 13.1.